The lowest BCUT2D eigenvalue weighted by Crippen LogP contribution is -2.39. The number of benzene rings is 1. The first-order valence-electron chi connectivity index (χ1n) is 10.2. The molecule has 142 valence electrons. The second-order valence-electron chi connectivity index (χ2n) is 8.79. The fourth-order valence-corrected chi connectivity index (χ4v) is 6.20. The first-order valence-corrected chi connectivity index (χ1v) is 10.2. The normalized spacial score (nSPS) is 32.5. The monoisotopic (exact) mass is 357 g/mol. The van der Waals surface area contributed by atoms with Gasteiger partial charge in [-0.15, -0.1) is 0 Å². The number of hydrogen-bond acceptors (Lipinski definition) is 4. The third-order valence-corrected chi connectivity index (χ3v) is 7.47. The molecule has 0 amide bonds. The SMILES string of the molecule is COCCOc1cc2c(cc1CN=O)C1CC[C@]3(C)CCCC3C1CC2. The van der Waals surface area contributed by atoms with Crippen molar-refractivity contribution in [1.82, 2.24) is 0 Å². The van der Waals surface area contributed by atoms with Crippen molar-refractivity contribution in [3.8, 4) is 5.75 Å². The summed E-state index contributed by atoms with van der Waals surface area (Å²) in [6.07, 6.45) is 9.32. The molecule has 1 aromatic carbocycles. The summed E-state index contributed by atoms with van der Waals surface area (Å²) >= 11 is 0. The lowest BCUT2D eigenvalue weighted by Gasteiger charge is -2.49. The van der Waals surface area contributed by atoms with E-state index in [1.807, 2.05) is 0 Å². The van der Waals surface area contributed by atoms with Gasteiger partial charge < -0.3 is 9.47 Å². The summed E-state index contributed by atoms with van der Waals surface area (Å²) in [4.78, 5) is 11.0. The topological polar surface area (TPSA) is 47.9 Å². The Hall–Kier alpha value is -1.42. The molecule has 0 spiro atoms. The van der Waals surface area contributed by atoms with Crippen LogP contribution in [0.25, 0.3) is 0 Å². The molecule has 2 saturated carbocycles. The predicted octanol–water partition coefficient (Wildman–Crippen LogP) is 5.22. The molecule has 4 rings (SSSR count). The van der Waals surface area contributed by atoms with Gasteiger partial charge in [-0.1, -0.05) is 18.5 Å². The molecule has 26 heavy (non-hydrogen) atoms. The van der Waals surface area contributed by atoms with Gasteiger partial charge in [-0.2, -0.15) is 4.91 Å². The summed E-state index contributed by atoms with van der Waals surface area (Å²) in [5.41, 5.74) is 4.42. The van der Waals surface area contributed by atoms with E-state index in [-0.39, 0.29) is 6.54 Å². The summed E-state index contributed by atoms with van der Waals surface area (Å²) in [5, 5.41) is 3.15. The van der Waals surface area contributed by atoms with Crippen molar-refractivity contribution in [1.29, 1.82) is 0 Å². The summed E-state index contributed by atoms with van der Waals surface area (Å²) in [7, 11) is 1.67. The maximum atomic E-state index is 11.0. The number of fused-ring (bicyclic) bond motifs is 5. The number of nitrogens with zero attached hydrogens (tertiary/aromatic N) is 1. The maximum Gasteiger partial charge on any atom is 0.124 e. The fraction of sp³-hybridized carbons (Fsp3) is 0.727. The standard InChI is InChI=1S/C22H31NO3/c1-22-8-3-4-20(22)18-6-5-15-13-21(26-11-10-25-2)16(14-23-24)12-19(15)17(18)7-9-22/h12-13,17-18,20H,3-11,14H2,1-2H3/t17?,18?,20?,22-/m0/s1. The van der Waals surface area contributed by atoms with Crippen LogP contribution < -0.4 is 4.74 Å². The number of methoxy groups -OCH3 is 1. The second-order valence-corrected chi connectivity index (χ2v) is 8.79. The highest BCUT2D eigenvalue weighted by Gasteiger charge is 2.50. The third-order valence-electron chi connectivity index (χ3n) is 7.47. The first kappa shape index (κ1) is 18.0. The van der Waals surface area contributed by atoms with E-state index in [0.717, 1.165) is 29.6 Å². The Balaban J connectivity index is 1.63. The molecule has 4 nitrogen and oxygen atoms in total. The van der Waals surface area contributed by atoms with E-state index >= 15 is 0 Å². The van der Waals surface area contributed by atoms with Crippen molar-refractivity contribution >= 4 is 0 Å². The van der Waals surface area contributed by atoms with Crippen molar-refractivity contribution in [2.75, 3.05) is 20.3 Å². The Morgan fingerprint density at radius 1 is 1.19 bits per heavy atom. The lowest BCUT2D eigenvalue weighted by molar-refractivity contribution is 0.0597. The van der Waals surface area contributed by atoms with Crippen LogP contribution in [0.15, 0.2) is 17.3 Å². The van der Waals surface area contributed by atoms with Gasteiger partial charge in [0, 0.05) is 12.7 Å². The van der Waals surface area contributed by atoms with Crippen LogP contribution in [0.1, 0.15) is 68.1 Å². The Morgan fingerprint density at radius 2 is 2.08 bits per heavy atom. The molecule has 0 radical (unpaired) electrons. The highest BCUT2D eigenvalue weighted by molar-refractivity contribution is 5.46. The Kier molecular flexibility index (Phi) is 5.05. The van der Waals surface area contributed by atoms with Gasteiger partial charge in [0.25, 0.3) is 0 Å². The zero-order valence-electron chi connectivity index (χ0n) is 16.1. The number of ether oxygens (including phenoxy) is 2. The van der Waals surface area contributed by atoms with Crippen molar-refractivity contribution in [3.05, 3.63) is 33.7 Å². The predicted molar refractivity (Wildman–Crippen MR) is 103 cm³/mol. The van der Waals surface area contributed by atoms with Crippen LogP contribution in [0.4, 0.5) is 0 Å². The highest BCUT2D eigenvalue weighted by atomic mass is 16.5. The fourth-order valence-electron chi connectivity index (χ4n) is 6.20. The van der Waals surface area contributed by atoms with E-state index in [0.29, 0.717) is 24.5 Å². The van der Waals surface area contributed by atoms with Gasteiger partial charge in [0.1, 0.15) is 18.9 Å². The molecular formula is C22H31NO3. The molecule has 0 aliphatic heterocycles. The summed E-state index contributed by atoms with van der Waals surface area (Å²) in [5.74, 6) is 3.19. The van der Waals surface area contributed by atoms with Gasteiger partial charge in [-0.3, -0.25) is 0 Å². The molecule has 3 aliphatic carbocycles. The smallest absolute Gasteiger partial charge is 0.124 e. The van der Waals surface area contributed by atoms with E-state index in [2.05, 4.69) is 24.2 Å². The van der Waals surface area contributed by atoms with E-state index in [9.17, 15) is 4.91 Å². The molecule has 4 atom stereocenters. The van der Waals surface area contributed by atoms with Gasteiger partial charge in [0.05, 0.1) is 6.61 Å². The summed E-state index contributed by atoms with van der Waals surface area (Å²) < 4.78 is 11.0. The average molecular weight is 357 g/mol. The van der Waals surface area contributed by atoms with Gasteiger partial charge in [-0.25, -0.2) is 0 Å². The van der Waals surface area contributed by atoms with Crippen molar-refractivity contribution < 1.29 is 9.47 Å². The number of aryl methyl sites for hydroxylation is 1. The van der Waals surface area contributed by atoms with E-state index < -0.39 is 0 Å². The van der Waals surface area contributed by atoms with Crippen molar-refractivity contribution in [2.24, 2.45) is 22.4 Å². The minimum Gasteiger partial charge on any atom is -0.491 e. The van der Waals surface area contributed by atoms with Gasteiger partial charge in [0.2, 0.25) is 0 Å². The zero-order chi connectivity index (χ0) is 18.1. The number of rotatable bonds is 6. The van der Waals surface area contributed by atoms with Crippen LogP contribution >= 0.6 is 0 Å². The molecule has 0 saturated heterocycles. The highest BCUT2D eigenvalue weighted by Crippen LogP contribution is 2.61. The Bertz CT molecular complexity index is 674. The molecule has 1 aromatic rings. The first-order chi connectivity index (χ1) is 12.7. The second kappa shape index (κ2) is 7.30. The molecule has 3 unspecified atom stereocenters. The van der Waals surface area contributed by atoms with Crippen LogP contribution in [0.5, 0.6) is 5.75 Å². The zero-order valence-corrected chi connectivity index (χ0v) is 16.1. The van der Waals surface area contributed by atoms with E-state index in [4.69, 9.17) is 9.47 Å². The van der Waals surface area contributed by atoms with E-state index in [1.165, 1.54) is 49.7 Å². The number of hydrogen-bond donors (Lipinski definition) is 0. The molecule has 2 fully saturated rings. The van der Waals surface area contributed by atoms with Crippen molar-refractivity contribution in [3.63, 3.8) is 0 Å². The molecule has 0 N–H and O–H groups in total. The lowest BCUT2D eigenvalue weighted by atomic mass is 9.56. The molecule has 0 aromatic heterocycles. The molecular weight excluding hydrogens is 326 g/mol. The van der Waals surface area contributed by atoms with Crippen LogP contribution in [0, 0.1) is 22.2 Å². The van der Waals surface area contributed by atoms with Crippen LogP contribution in [-0.4, -0.2) is 20.3 Å². The summed E-state index contributed by atoms with van der Waals surface area (Å²) in [6, 6.07) is 4.43. The molecule has 3 aliphatic rings. The summed E-state index contributed by atoms with van der Waals surface area (Å²) in [6.45, 7) is 3.78. The van der Waals surface area contributed by atoms with Gasteiger partial charge >= 0.3 is 0 Å². The Labute approximate surface area is 156 Å². The minimum atomic E-state index is 0.189. The number of nitroso groups, excluding NO2 is 1. The largest absolute Gasteiger partial charge is 0.491 e. The van der Waals surface area contributed by atoms with Gasteiger partial charge in [0.15, 0.2) is 0 Å². The third kappa shape index (κ3) is 3.06. The minimum absolute atomic E-state index is 0.189. The van der Waals surface area contributed by atoms with Gasteiger partial charge in [-0.05, 0) is 85.0 Å². The van der Waals surface area contributed by atoms with Crippen LogP contribution in [0.2, 0.25) is 0 Å². The molecule has 0 bridgehead atoms. The maximum absolute atomic E-state index is 11.0. The Morgan fingerprint density at radius 3 is 2.88 bits per heavy atom. The van der Waals surface area contributed by atoms with Crippen molar-refractivity contribution in [2.45, 2.75) is 64.3 Å². The average Bonchev–Trinajstić information content (AvgIpc) is 3.04. The van der Waals surface area contributed by atoms with E-state index in [1.54, 1.807) is 7.11 Å². The molecule has 4 heteroatoms. The quantitative estimate of drug-likeness (QED) is 0.518. The molecule has 0 heterocycles. The van der Waals surface area contributed by atoms with Crippen LogP contribution in [0.3, 0.4) is 0 Å². The van der Waals surface area contributed by atoms with Crippen LogP contribution in [-0.2, 0) is 17.7 Å².